The summed E-state index contributed by atoms with van der Waals surface area (Å²) >= 11 is 3.29. The van der Waals surface area contributed by atoms with E-state index >= 15 is 0 Å². The van der Waals surface area contributed by atoms with Crippen LogP contribution in [0.3, 0.4) is 0 Å². The molecule has 200 valence electrons. The van der Waals surface area contributed by atoms with Crippen molar-refractivity contribution < 1.29 is 19.5 Å². The minimum absolute atomic E-state index is 0.234. The molecule has 2 aliphatic heterocycles. The Morgan fingerprint density at radius 1 is 1.11 bits per heavy atom. The maximum Gasteiger partial charge on any atom is 0.408 e. The molecule has 2 saturated heterocycles. The predicted molar refractivity (Wildman–Crippen MR) is 146 cm³/mol. The number of carbonyl (C=O) groups is 2. The van der Waals surface area contributed by atoms with E-state index in [1.54, 1.807) is 0 Å². The molecule has 1 aromatic carbocycles. The molecule has 10 heteroatoms. The van der Waals surface area contributed by atoms with E-state index in [4.69, 9.17) is 4.84 Å². The van der Waals surface area contributed by atoms with Gasteiger partial charge < -0.3 is 10.4 Å². The molecule has 1 aliphatic carbocycles. The van der Waals surface area contributed by atoms with Gasteiger partial charge in [-0.1, -0.05) is 49.6 Å². The number of nitrogens with one attached hydrogen (secondary N) is 2. The topological polar surface area (TPSA) is 94.1 Å². The summed E-state index contributed by atoms with van der Waals surface area (Å²) < 4.78 is 0. The summed E-state index contributed by atoms with van der Waals surface area (Å²) in [5.74, 6) is 3.01. The molecule has 2 amide bonds. The average molecular weight is 537 g/mol. The first-order chi connectivity index (χ1) is 17.6. The van der Waals surface area contributed by atoms with Crippen molar-refractivity contribution >= 4 is 35.5 Å². The molecule has 3 fully saturated rings. The van der Waals surface area contributed by atoms with Gasteiger partial charge in [0.1, 0.15) is 6.04 Å². The van der Waals surface area contributed by atoms with Crippen LogP contribution in [0, 0.1) is 5.92 Å². The van der Waals surface area contributed by atoms with Crippen molar-refractivity contribution in [1.82, 2.24) is 20.6 Å². The van der Waals surface area contributed by atoms with Crippen molar-refractivity contribution in [2.75, 3.05) is 36.2 Å². The minimum Gasteiger partial charge on any atom is -0.465 e. The van der Waals surface area contributed by atoms with Crippen molar-refractivity contribution in [3.8, 4) is 0 Å². The SMILES string of the molecule is O=C(N[C@@H](CSCC1CCCCC1)ONC1CCN(Cc2ccccc2)CC1)[C@@H]1CSCN1C(=O)O. The highest BCUT2D eigenvalue weighted by Crippen LogP contribution is 2.27. The molecule has 1 saturated carbocycles. The third kappa shape index (κ3) is 8.55. The summed E-state index contributed by atoms with van der Waals surface area (Å²) in [6.45, 7) is 2.96. The van der Waals surface area contributed by atoms with Crippen LogP contribution in [0.4, 0.5) is 4.79 Å². The van der Waals surface area contributed by atoms with E-state index in [0.717, 1.165) is 44.1 Å². The first kappa shape index (κ1) is 27.6. The number of rotatable bonds is 11. The molecule has 0 unspecified atom stereocenters. The second-order valence-corrected chi connectivity index (χ2v) is 12.2. The molecule has 36 heavy (non-hydrogen) atoms. The number of likely N-dealkylation sites (tertiary alicyclic amines) is 1. The average Bonchev–Trinajstić information content (AvgIpc) is 3.40. The fourth-order valence-corrected chi connectivity index (χ4v) is 7.45. The minimum atomic E-state index is -1.05. The fraction of sp³-hybridized carbons (Fsp3) is 0.692. The van der Waals surface area contributed by atoms with Gasteiger partial charge in [-0.05, 0) is 42.9 Å². The highest BCUT2D eigenvalue weighted by Gasteiger charge is 2.36. The Labute approximate surface area is 223 Å². The number of carbonyl (C=O) groups excluding carboxylic acids is 1. The zero-order chi connectivity index (χ0) is 25.2. The Kier molecular flexibility index (Phi) is 11.1. The largest absolute Gasteiger partial charge is 0.465 e. The molecular formula is C26H40N4O4S2. The van der Waals surface area contributed by atoms with E-state index < -0.39 is 18.4 Å². The first-order valence-electron chi connectivity index (χ1n) is 13.2. The van der Waals surface area contributed by atoms with Crippen LogP contribution in [-0.4, -0.2) is 81.4 Å². The molecule has 0 radical (unpaired) electrons. The molecule has 3 N–H and O–H groups in total. The zero-order valence-corrected chi connectivity index (χ0v) is 22.6. The van der Waals surface area contributed by atoms with E-state index in [2.05, 4.69) is 40.0 Å². The van der Waals surface area contributed by atoms with Gasteiger partial charge in [-0.2, -0.15) is 17.2 Å². The summed E-state index contributed by atoms with van der Waals surface area (Å²) in [6.07, 6.45) is 6.97. The van der Waals surface area contributed by atoms with Gasteiger partial charge in [0.05, 0.1) is 5.88 Å². The van der Waals surface area contributed by atoms with Crippen LogP contribution < -0.4 is 10.8 Å². The van der Waals surface area contributed by atoms with Gasteiger partial charge in [-0.3, -0.25) is 19.4 Å². The van der Waals surface area contributed by atoms with Crippen LogP contribution in [0.15, 0.2) is 30.3 Å². The van der Waals surface area contributed by atoms with Gasteiger partial charge in [0.15, 0.2) is 6.23 Å². The third-order valence-corrected chi connectivity index (χ3v) is 9.55. The van der Waals surface area contributed by atoms with E-state index in [0.29, 0.717) is 17.4 Å². The number of hydrogen-bond acceptors (Lipinski definition) is 7. The highest BCUT2D eigenvalue weighted by molar-refractivity contribution is 7.99. The number of piperidine rings is 1. The summed E-state index contributed by atoms with van der Waals surface area (Å²) in [5, 5.41) is 12.4. The first-order valence-corrected chi connectivity index (χ1v) is 15.5. The zero-order valence-electron chi connectivity index (χ0n) is 21.0. The quantitative estimate of drug-likeness (QED) is 0.289. The maximum atomic E-state index is 12.9. The fourth-order valence-electron chi connectivity index (χ4n) is 5.13. The second kappa shape index (κ2) is 14.5. The predicted octanol–water partition coefficient (Wildman–Crippen LogP) is 3.98. The van der Waals surface area contributed by atoms with Gasteiger partial charge >= 0.3 is 6.09 Å². The smallest absolute Gasteiger partial charge is 0.408 e. The van der Waals surface area contributed by atoms with Crippen molar-refractivity contribution in [3.05, 3.63) is 35.9 Å². The lowest BCUT2D eigenvalue weighted by atomic mass is 9.91. The lowest BCUT2D eigenvalue weighted by molar-refractivity contribution is -0.132. The van der Waals surface area contributed by atoms with E-state index in [1.165, 1.54) is 54.3 Å². The van der Waals surface area contributed by atoms with Crippen molar-refractivity contribution in [2.45, 2.75) is 69.8 Å². The van der Waals surface area contributed by atoms with Gasteiger partial charge in [-0.15, -0.1) is 11.8 Å². The summed E-state index contributed by atoms with van der Waals surface area (Å²) in [4.78, 5) is 34.2. The molecule has 0 spiro atoms. The Hall–Kier alpha value is -1.46. The van der Waals surface area contributed by atoms with Gasteiger partial charge in [0.25, 0.3) is 0 Å². The second-order valence-electron chi connectivity index (χ2n) is 10.1. The number of benzene rings is 1. The monoisotopic (exact) mass is 536 g/mol. The van der Waals surface area contributed by atoms with Crippen LogP contribution in [-0.2, 0) is 16.2 Å². The summed E-state index contributed by atoms with van der Waals surface area (Å²) in [5.41, 5.74) is 4.57. The van der Waals surface area contributed by atoms with E-state index in [9.17, 15) is 14.7 Å². The van der Waals surface area contributed by atoms with Crippen LogP contribution >= 0.6 is 23.5 Å². The van der Waals surface area contributed by atoms with E-state index in [-0.39, 0.29) is 11.9 Å². The number of thioether (sulfide) groups is 2. The van der Waals surface area contributed by atoms with Gasteiger partial charge in [-0.25, -0.2) is 4.79 Å². The van der Waals surface area contributed by atoms with Gasteiger partial charge in [0, 0.05) is 37.2 Å². The Morgan fingerprint density at radius 2 is 1.86 bits per heavy atom. The van der Waals surface area contributed by atoms with E-state index in [1.807, 2.05) is 17.8 Å². The lowest BCUT2D eigenvalue weighted by Crippen LogP contribution is -2.53. The van der Waals surface area contributed by atoms with Crippen LogP contribution in [0.5, 0.6) is 0 Å². The van der Waals surface area contributed by atoms with Crippen LogP contribution in [0.25, 0.3) is 0 Å². The molecule has 8 nitrogen and oxygen atoms in total. The molecule has 2 heterocycles. The van der Waals surface area contributed by atoms with Crippen molar-refractivity contribution in [2.24, 2.45) is 5.92 Å². The molecular weight excluding hydrogens is 496 g/mol. The lowest BCUT2D eigenvalue weighted by Gasteiger charge is -2.33. The van der Waals surface area contributed by atoms with Crippen LogP contribution in [0.1, 0.15) is 50.5 Å². The highest BCUT2D eigenvalue weighted by atomic mass is 32.2. The number of hydroxylamine groups is 1. The molecule has 0 bridgehead atoms. The van der Waals surface area contributed by atoms with Crippen LogP contribution in [0.2, 0.25) is 0 Å². The van der Waals surface area contributed by atoms with Gasteiger partial charge in [0.2, 0.25) is 5.91 Å². The molecule has 1 aromatic rings. The van der Waals surface area contributed by atoms with Crippen molar-refractivity contribution in [1.29, 1.82) is 0 Å². The molecule has 0 aromatic heterocycles. The van der Waals surface area contributed by atoms with Crippen molar-refractivity contribution in [3.63, 3.8) is 0 Å². The Bertz CT molecular complexity index is 819. The Balaban J connectivity index is 1.24. The summed E-state index contributed by atoms with van der Waals surface area (Å²) in [6, 6.07) is 10.1. The molecule has 4 rings (SSSR count). The standard InChI is InChI=1S/C26H40N4O4S2/c31-25(23-17-36-19-30(23)26(32)33)27-24(18-35-16-21-9-5-2-6-10-21)34-28-22-11-13-29(14-12-22)15-20-7-3-1-4-8-20/h1,3-4,7-8,21-24,28H,2,5-6,9-19H2,(H,27,31)(H,32,33)/t23-,24+/m0/s1. The number of amides is 2. The summed E-state index contributed by atoms with van der Waals surface area (Å²) in [7, 11) is 0. The Morgan fingerprint density at radius 3 is 2.58 bits per heavy atom. The number of carboxylic acid groups (broad SMARTS) is 1. The number of nitrogens with zero attached hydrogens (tertiary/aromatic N) is 2. The number of hydrogen-bond donors (Lipinski definition) is 3. The molecule has 3 aliphatic rings. The normalized spacial score (nSPS) is 23.0. The molecule has 2 atom stereocenters. The third-order valence-electron chi connectivity index (χ3n) is 7.29. The maximum absolute atomic E-state index is 12.9.